The van der Waals surface area contributed by atoms with Gasteiger partial charge in [0.1, 0.15) is 5.41 Å². The normalized spacial score (nSPS) is 15.0. The van der Waals surface area contributed by atoms with Gasteiger partial charge in [-0.25, -0.2) is 0 Å². The van der Waals surface area contributed by atoms with Crippen molar-refractivity contribution < 1.29 is 14.4 Å². The van der Waals surface area contributed by atoms with Crippen molar-refractivity contribution in [1.82, 2.24) is 9.88 Å². The summed E-state index contributed by atoms with van der Waals surface area (Å²) in [6.45, 7) is 7.76. The molecular weight excluding hydrogens is 500 g/mol. The van der Waals surface area contributed by atoms with Gasteiger partial charge in [-0.15, -0.1) is 12.4 Å². The van der Waals surface area contributed by atoms with Gasteiger partial charge in [-0.3, -0.25) is 19.4 Å². The summed E-state index contributed by atoms with van der Waals surface area (Å²) >= 11 is 0. The summed E-state index contributed by atoms with van der Waals surface area (Å²) in [4.78, 5) is 47.4. The zero-order valence-corrected chi connectivity index (χ0v) is 23.3. The molecule has 4 rings (SSSR count). The van der Waals surface area contributed by atoms with E-state index >= 15 is 0 Å². The highest BCUT2D eigenvalue weighted by atomic mass is 35.5. The van der Waals surface area contributed by atoms with E-state index in [0.717, 1.165) is 16.7 Å². The lowest BCUT2D eigenvalue weighted by atomic mass is 9.91. The Labute approximate surface area is 230 Å². The fourth-order valence-corrected chi connectivity index (χ4v) is 4.84. The number of aromatic nitrogens is 1. The molecule has 1 atom stereocenters. The predicted molar refractivity (Wildman–Crippen MR) is 153 cm³/mol. The number of nitrogens with one attached hydrogen (secondary N) is 1. The first-order valence-electron chi connectivity index (χ1n) is 12.6. The summed E-state index contributed by atoms with van der Waals surface area (Å²) in [5, 5.41) is 2.90. The van der Waals surface area contributed by atoms with Crippen molar-refractivity contribution >= 4 is 41.5 Å². The van der Waals surface area contributed by atoms with Crippen molar-refractivity contribution in [3.05, 3.63) is 89.2 Å². The van der Waals surface area contributed by atoms with Crippen LogP contribution in [0.4, 0.5) is 11.4 Å². The van der Waals surface area contributed by atoms with Crippen molar-refractivity contribution in [2.75, 3.05) is 23.8 Å². The topological polar surface area (TPSA) is 82.6 Å². The molecule has 2 heterocycles. The molecule has 8 heteroatoms. The molecule has 0 saturated heterocycles. The van der Waals surface area contributed by atoms with E-state index in [1.165, 1.54) is 4.90 Å². The second-order valence-electron chi connectivity index (χ2n) is 10.1. The SMILES string of the molecule is CCC(c1ccc2c(c1)N(C)C(=O)C(C)(C)C(=O)N2)N(CCc1cccnc1)C(=O)c1ccccc1C.Cl. The summed E-state index contributed by atoms with van der Waals surface area (Å²) in [6.07, 6.45) is 4.90. The molecule has 7 nitrogen and oxygen atoms in total. The third-order valence-electron chi connectivity index (χ3n) is 7.19. The first-order chi connectivity index (χ1) is 17.6. The molecule has 0 fully saturated rings. The largest absolute Gasteiger partial charge is 0.331 e. The molecule has 0 bridgehead atoms. The van der Waals surface area contributed by atoms with Gasteiger partial charge in [-0.1, -0.05) is 37.3 Å². The molecule has 0 spiro atoms. The Morgan fingerprint density at radius 1 is 1.11 bits per heavy atom. The molecule has 0 radical (unpaired) electrons. The summed E-state index contributed by atoms with van der Waals surface area (Å²) in [5.41, 5.74) is 3.57. The Hall–Kier alpha value is -3.71. The first kappa shape index (κ1) is 28.9. The van der Waals surface area contributed by atoms with Crippen LogP contribution < -0.4 is 10.2 Å². The lowest BCUT2D eigenvalue weighted by Crippen LogP contribution is -2.43. The van der Waals surface area contributed by atoms with Crippen LogP contribution in [0.25, 0.3) is 0 Å². The van der Waals surface area contributed by atoms with Crippen LogP contribution in [0.1, 0.15) is 60.3 Å². The van der Waals surface area contributed by atoms with E-state index in [4.69, 9.17) is 0 Å². The third kappa shape index (κ3) is 5.58. The van der Waals surface area contributed by atoms with Gasteiger partial charge >= 0.3 is 0 Å². The standard InChI is InChI=1S/C30H34N4O3.ClH/c1-6-25(22-13-14-24-26(18-22)33(5)29(37)30(3,4)28(36)32-24)34(17-15-21-11-9-16-31-19-21)27(35)23-12-8-7-10-20(23)2;/h7-14,16,18-19,25H,6,15,17H2,1-5H3,(H,32,36);1H. The average Bonchev–Trinajstić information content (AvgIpc) is 2.96. The van der Waals surface area contributed by atoms with E-state index in [1.54, 1.807) is 27.1 Å². The second kappa shape index (κ2) is 11.8. The highest BCUT2D eigenvalue weighted by Gasteiger charge is 2.42. The van der Waals surface area contributed by atoms with Gasteiger partial charge in [-0.05, 0) is 74.6 Å². The number of pyridine rings is 1. The number of fused-ring (bicyclic) bond motifs is 1. The molecule has 0 aliphatic carbocycles. The maximum atomic E-state index is 13.9. The van der Waals surface area contributed by atoms with Crippen molar-refractivity contribution in [2.24, 2.45) is 5.41 Å². The Bertz CT molecular complexity index is 1330. The van der Waals surface area contributed by atoms with Gasteiger partial charge in [-0.2, -0.15) is 0 Å². The summed E-state index contributed by atoms with van der Waals surface area (Å²) in [5.74, 6) is -0.656. The number of hydrogen-bond acceptors (Lipinski definition) is 4. The maximum Gasteiger partial charge on any atom is 0.254 e. The van der Waals surface area contributed by atoms with Crippen molar-refractivity contribution in [2.45, 2.75) is 46.6 Å². The number of aryl methyl sites for hydroxylation is 1. The highest BCUT2D eigenvalue weighted by Crippen LogP contribution is 2.38. The number of hydrogen-bond donors (Lipinski definition) is 1. The molecule has 1 unspecified atom stereocenters. The molecule has 1 aliphatic rings. The minimum atomic E-state index is -1.19. The Morgan fingerprint density at radius 3 is 2.50 bits per heavy atom. The van der Waals surface area contributed by atoms with Gasteiger partial charge in [0, 0.05) is 31.5 Å². The summed E-state index contributed by atoms with van der Waals surface area (Å²) in [7, 11) is 1.69. The van der Waals surface area contributed by atoms with Crippen LogP contribution in [0.5, 0.6) is 0 Å². The van der Waals surface area contributed by atoms with E-state index < -0.39 is 5.41 Å². The van der Waals surface area contributed by atoms with Crippen LogP contribution in [0.2, 0.25) is 0 Å². The number of anilines is 2. The number of rotatable bonds is 7. The molecule has 200 valence electrons. The van der Waals surface area contributed by atoms with Gasteiger partial charge < -0.3 is 15.1 Å². The number of carbonyl (C=O) groups is 3. The van der Waals surface area contributed by atoms with Crippen LogP contribution in [0.15, 0.2) is 67.0 Å². The van der Waals surface area contributed by atoms with Crippen molar-refractivity contribution in [1.29, 1.82) is 0 Å². The van der Waals surface area contributed by atoms with E-state index in [9.17, 15) is 14.4 Å². The zero-order valence-electron chi connectivity index (χ0n) is 22.5. The summed E-state index contributed by atoms with van der Waals surface area (Å²) in [6, 6.07) is 17.0. The molecule has 1 N–H and O–H groups in total. The number of amides is 3. The number of nitrogens with zero attached hydrogens (tertiary/aromatic N) is 3. The molecule has 2 aromatic carbocycles. The average molecular weight is 535 g/mol. The van der Waals surface area contributed by atoms with Crippen molar-refractivity contribution in [3.63, 3.8) is 0 Å². The van der Waals surface area contributed by atoms with E-state index in [-0.39, 0.29) is 36.2 Å². The number of carbonyl (C=O) groups excluding carboxylic acids is 3. The monoisotopic (exact) mass is 534 g/mol. The van der Waals surface area contributed by atoms with Crippen LogP contribution in [-0.4, -0.2) is 41.2 Å². The van der Waals surface area contributed by atoms with Crippen LogP contribution in [0, 0.1) is 12.3 Å². The minimum absolute atomic E-state index is 0. The van der Waals surface area contributed by atoms with Crippen LogP contribution >= 0.6 is 12.4 Å². The predicted octanol–water partition coefficient (Wildman–Crippen LogP) is 5.59. The Morgan fingerprint density at radius 2 is 1.84 bits per heavy atom. The molecule has 38 heavy (non-hydrogen) atoms. The molecule has 1 aromatic heterocycles. The zero-order chi connectivity index (χ0) is 26.7. The van der Waals surface area contributed by atoms with Gasteiger partial charge in [0.05, 0.1) is 17.4 Å². The fourth-order valence-electron chi connectivity index (χ4n) is 4.84. The van der Waals surface area contributed by atoms with E-state index in [0.29, 0.717) is 36.3 Å². The van der Waals surface area contributed by atoms with Crippen molar-refractivity contribution in [3.8, 4) is 0 Å². The molecule has 3 amide bonds. The number of halogens is 1. The molecule has 0 saturated carbocycles. The number of benzene rings is 2. The second-order valence-corrected chi connectivity index (χ2v) is 10.1. The van der Waals surface area contributed by atoms with Crippen LogP contribution in [-0.2, 0) is 16.0 Å². The minimum Gasteiger partial charge on any atom is -0.331 e. The van der Waals surface area contributed by atoms with E-state index in [2.05, 4.69) is 17.2 Å². The quantitative estimate of drug-likeness (QED) is 0.401. The lowest BCUT2D eigenvalue weighted by Gasteiger charge is -2.33. The fraction of sp³-hybridized carbons (Fsp3) is 0.333. The summed E-state index contributed by atoms with van der Waals surface area (Å²) < 4.78 is 0. The maximum absolute atomic E-state index is 13.9. The molecular formula is C30H35ClN4O3. The smallest absolute Gasteiger partial charge is 0.254 e. The van der Waals surface area contributed by atoms with Crippen LogP contribution in [0.3, 0.4) is 0 Å². The van der Waals surface area contributed by atoms with E-state index in [1.807, 2.05) is 72.6 Å². The molecule has 1 aliphatic heterocycles. The van der Waals surface area contributed by atoms with Gasteiger partial charge in [0.2, 0.25) is 11.8 Å². The first-order valence-corrected chi connectivity index (χ1v) is 12.6. The van der Waals surface area contributed by atoms with Gasteiger partial charge in [0.25, 0.3) is 5.91 Å². The molecule has 3 aromatic rings. The Kier molecular flexibility index (Phi) is 8.94. The lowest BCUT2D eigenvalue weighted by molar-refractivity contribution is -0.136. The Balaban J connectivity index is 0.00000400. The highest BCUT2D eigenvalue weighted by molar-refractivity contribution is 6.19. The van der Waals surface area contributed by atoms with Gasteiger partial charge in [0.15, 0.2) is 0 Å². The third-order valence-corrected chi connectivity index (χ3v) is 7.19.